The third kappa shape index (κ3) is 9.40. The van der Waals surface area contributed by atoms with E-state index in [9.17, 15) is 19.2 Å². The minimum Gasteiger partial charge on any atom is -0.484 e. The van der Waals surface area contributed by atoms with Crippen molar-refractivity contribution < 1.29 is 37.8 Å². The smallest absolute Gasteiger partial charge is 0.314 e. The van der Waals surface area contributed by atoms with Gasteiger partial charge in [-0.15, -0.1) is 0 Å². The average molecular weight is 635 g/mol. The number of ether oxygens (including phenoxy) is 3. The van der Waals surface area contributed by atoms with Crippen LogP contribution in [-0.2, 0) is 41.5 Å². The summed E-state index contributed by atoms with van der Waals surface area (Å²) >= 11 is 0. The van der Waals surface area contributed by atoms with Crippen LogP contribution in [0.4, 0.5) is 0 Å². The maximum absolute atomic E-state index is 13.6. The molecule has 3 amide bonds. The van der Waals surface area contributed by atoms with Gasteiger partial charge >= 0.3 is 5.97 Å². The Morgan fingerprint density at radius 2 is 1.87 bits per heavy atom. The van der Waals surface area contributed by atoms with Crippen molar-refractivity contribution in [1.29, 1.82) is 0 Å². The first-order chi connectivity index (χ1) is 22.2. The van der Waals surface area contributed by atoms with Crippen molar-refractivity contribution in [3.8, 4) is 17.2 Å². The fourth-order valence-electron chi connectivity index (χ4n) is 5.33. The molecule has 1 aliphatic heterocycles. The lowest BCUT2D eigenvalue weighted by atomic mass is 9.77. The normalized spacial score (nSPS) is 17.8. The Labute approximate surface area is 268 Å². The number of benzene rings is 2. The molecule has 1 atom stereocenters. The Bertz CT molecular complexity index is 1490. The number of hydrogen-bond donors (Lipinski definition) is 2. The van der Waals surface area contributed by atoms with Crippen molar-refractivity contribution >= 4 is 23.7 Å². The largest absolute Gasteiger partial charge is 0.484 e. The number of oxazole rings is 1. The summed E-state index contributed by atoms with van der Waals surface area (Å²) < 4.78 is 22.3. The van der Waals surface area contributed by atoms with E-state index in [1.165, 1.54) is 4.90 Å². The molecule has 2 heterocycles. The number of methoxy groups -OCH3 is 1. The van der Waals surface area contributed by atoms with Crippen LogP contribution in [0.5, 0.6) is 5.75 Å². The Morgan fingerprint density at radius 1 is 1.07 bits per heavy atom. The van der Waals surface area contributed by atoms with E-state index in [1.54, 1.807) is 39.2 Å². The predicted molar refractivity (Wildman–Crippen MR) is 169 cm³/mol. The van der Waals surface area contributed by atoms with Crippen LogP contribution >= 0.6 is 0 Å². The zero-order chi connectivity index (χ0) is 32.9. The number of rotatable bonds is 9. The van der Waals surface area contributed by atoms with Gasteiger partial charge in [0.05, 0.1) is 30.7 Å². The number of hydrogen-bond acceptors (Lipinski definition) is 9. The van der Waals surface area contributed by atoms with Crippen molar-refractivity contribution in [2.75, 3.05) is 53.1 Å². The summed E-state index contributed by atoms with van der Waals surface area (Å²) in [5.41, 5.74) is 0.895. The molecule has 46 heavy (non-hydrogen) atoms. The molecule has 2 bridgehead atoms. The zero-order valence-electron chi connectivity index (χ0n) is 26.6. The molecular formula is C34H42N4O8. The van der Waals surface area contributed by atoms with Crippen LogP contribution in [-0.4, -0.2) is 86.7 Å². The third-order valence-electron chi connectivity index (χ3n) is 7.77. The van der Waals surface area contributed by atoms with Gasteiger partial charge in [0, 0.05) is 38.9 Å². The molecule has 0 radical (unpaired) electrons. The van der Waals surface area contributed by atoms with Crippen molar-refractivity contribution in [2.24, 2.45) is 5.41 Å². The van der Waals surface area contributed by atoms with Gasteiger partial charge in [0.2, 0.25) is 17.7 Å². The predicted octanol–water partition coefficient (Wildman–Crippen LogP) is 2.86. The Kier molecular flexibility index (Phi) is 12.3. The van der Waals surface area contributed by atoms with Gasteiger partial charge in [0.15, 0.2) is 6.61 Å². The van der Waals surface area contributed by atoms with E-state index in [0.29, 0.717) is 42.5 Å². The molecule has 3 aromatic rings. The molecule has 0 saturated carbocycles. The van der Waals surface area contributed by atoms with Crippen LogP contribution in [0, 0.1) is 12.3 Å². The van der Waals surface area contributed by atoms with E-state index in [0.717, 1.165) is 11.1 Å². The van der Waals surface area contributed by atoms with Gasteiger partial charge in [-0.3, -0.25) is 19.2 Å². The number of esters is 1. The molecule has 0 saturated heterocycles. The van der Waals surface area contributed by atoms with Gasteiger partial charge in [-0.05, 0) is 62.9 Å². The fraction of sp³-hybridized carbons (Fsp3) is 0.441. The second kappa shape index (κ2) is 16.6. The maximum Gasteiger partial charge on any atom is 0.314 e. The lowest BCUT2D eigenvalue weighted by Crippen LogP contribution is -2.50. The highest BCUT2D eigenvalue weighted by Gasteiger charge is 2.40. The van der Waals surface area contributed by atoms with Crippen LogP contribution in [0.25, 0.3) is 11.5 Å². The summed E-state index contributed by atoms with van der Waals surface area (Å²) in [6, 6.07) is 16.5. The number of carbonyl (C=O) groups excluding carboxylic acids is 4. The van der Waals surface area contributed by atoms with Crippen molar-refractivity contribution in [2.45, 2.75) is 39.5 Å². The molecule has 0 spiro atoms. The van der Waals surface area contributed by atoms with E-state index in [2.05, 4.69) is 15.6 Å². The Morgan fingerprint density at radius 3 is 2.63 bits per heavy atom. The quantitative estimate of drug-likeness (QED) is 0.268. The van der Waals surface area contributed by atoms with E-state index >= 15 is 0 Å². The molecule has 2 N–H and O–H groups in total. The minimum absolute atomic E-state index is 0.0128. The van der Waals surface area contributed by atoms with Crippen LogP contribution < -0.4 is 15.4 Å². The standard InChI is InChI=1S/C34H42N4O8/c1-4-44-33(42)34(14-9-17-43-3)20-25-10-8-13-27(18-25)45-22-30(40)35-15-16-38(21-29(39)36-23-34)31(41)19-28-24(2)46-32(37-28)26-11-6-5-7-12-26/h5-8,10-13,18H,4,9,14-17,19-23H2,1-3H3,(H,35,40)(H,36,39). The molecular weight excluding hydrogens is 592 g/mol. The van der Waals surface area contributed by atoms with Crippen LogP contribution in [0.3, 0.4) is 0 Å². The van der Waals surface area contributed by atoms with Gasteiger partial charge in [-0.2, -0.15) is 0 Å². The van der Waals surface area contributed by atoms with Gasteiger partial charge in [-0.1, -0.05) is 30.3 Å². The number of aromatic nitrogens is 1. The second-order valence-electron chi connectivity index (χ2n) is 11.2. The van der Waals surface area contributed by atoms with E-state index in [1.807, 2.05) is 36.4 Å². The SMILES string of the molecule is CCOC(=O)C1(CCCOC)CNC(=O)CN(C(=O)Cc2nc(-c3ccccc3)oc2C)CCNC(=O)COc2cccc(c2)C1. The van der Waals surface area contributed by atoms with Crippen LogP contribution in [0.1, 0.15) is 36.8 Å². The molecule has 1 aliphatic rings. The fourth-order valence-corrected chi connectivity index (χ4v) is 5.33. The highest BCUT2D eigenvalue weighted by molar-refractivity contribution is 5.86. The number of nitrogens with zero attached hydrogens (tertiary/aromatic N) is 2. The molecule has 4 rings (SSSR count). The molecule has 12 heteroatoms. The summed E-state index contributed by atoms with van der Waals surface area (Å²) in [6.07, 6.45) is 1.07. The third-order valence-corrected chi connectivity index (χ3v) is 7.77. The van der Waals surface area contributed by atoms with Gasteiger partial charge in [0.25, 0.3) is 5.91 Å². The van der Waals surface area contributed by atoms with E-state index in [-0.39, 0.29) is 64.0 Å². The molecule has 0 aliphatic carbocycles. The van der Waals surface area contributed by atoms with E-state index < -0.39 is 17.3 Å². The first-order valence-electron chi connectivity index (χ1n) is 15.4. The molecule has 2 aromatic carbocycles. The minimum atomic E-state index is -1.11. The summed E-state index contributed by atoms with van der Waals surface area (Å²) in [5, 5.41) is 5.64. The topological polar surface area (TPSA) is 149 Å². The number of fused-ring (bicyclic) bond motifs is 2. The molecule has 12 nitrogen and oxygen atoms in total. The number of aryl methyl sites for hydroxylation is 1. The van der Waals surface area contributed by atoms with Gasteiger partial charge in [0.1, 0.15) is 11.5 Å². The van der Waals surface area contributed by atoms with Crippen LogP contribution in [0.2, 0.25) is 0 Å². The summed E-state index contributed by atoms with van der Waals surface area (Å²) in [6.45, 7) is 3.67. The monoisotopic (exact) mass is 634 g/mol. The molecule has 0 fully saturated rings. The summed E-state index contributed by atoms with van der Waals surface area (Å²) in [4.78, 5) is 59.0. The lowest BCUT2D eigenvalue weighted by molar-refractivity contribution is -0.156. The second-order valence-corrected chi connectivity index (χ2v) is 11.2. The first-order valence-corrected chi connectivity index (χ1v) is 15.4. The van der Waals surface area contributed by atoms with Crippen molar-refractivity contribution in [1.82, 2.24) is 20.5 Å². The number of amides is 3. The highest BCUT2D eigenvalue weighted by Crippen LogP contribution is 2.32. The maximum atomic E-state index is 13.6. The van der Waals surface area contributed by atoms with Crippen molar-refractivity contribution in [3.63, 3.8) is 0 Å². The van der Waals surface area contributed by atoms with Gasteiger partial charge in [-0.25, -0.2) is 4.98 Å². The van der Waals surface area contributed by atoms with Crippen LogP contribution in [0.15, 0.2) is 59.0 Å². The number of nitrogens with one attached hydrogen (secondary N) is 2. The van der Waals surface area contributed by atoms with E-state index in [4.69, 9.17) is 18.6 Å². The highest BCUT2D eigenvalue weighted by atomic mass is 16.5. The zero-order valence-corrected chi connectivity index (χ0v) is 26.6. The number of carbonyl (C=O) groups is 4. The van der Waals surface area contributed by atoms with Crippen molar-refractivity contribution in [3.05, 3.63) is 71.6 Å². The Hall–Kier alpha value is -4.71. The summed E-state index contributed by atoms with van der Waals surface area (Å²) in [5.74, 6) is -0.289. The van der Waals surface area contributed by atoms with Gasteiger partial charge < -0.3 is 34.2 Å². The molecule has 1 aromatic heterocycles. The summed E-state index contributed by atoms with van der Waals surface area (Å²) in [7, 11) is 1.59. The molecule has 246 valence electrons. The Balaban J connectivity index is 1.58. The first kappa shape index (κ1) is 34.2. The molecule has 1 unspecified atom stereocenters. The average Bonchev–Trinajstić information content (AvgIpc) is 3.42. The lowest BCUT2D eigenvalue weighted by Gasteiger charge is -2.32.